The molecule has 0 spiro atoms. The predicted octanol–water partition coefficient (Wildman–Crippen LogP) is 1.49. The molecule has 0 aliphatic carbocycles. The van der Waals surface area contributed by atoms with Gasteiger partial charge in [-0.3, -0.25) is 4.79 Å². The van der Waals surface area contributed by atoms with Gasteiger partial charge in [-0.05, 0) is 20.3 Å². The summed E-state index contributed by atoms with van der Waals surface area (Å²) >= 11 is 0. The van der Waals surface area contributed by atoms with Crippen molar-refractivity contribution in [1.29, 1.82) is 0 Å². The minimum atomic E-state index is -0.508. The first kappa shape index (κ1) is 14.3. The molecule has 0 heterocycles. The summed E-state index contributed by atoms with van der Waals surface area (Å²) in [7, 11) is 0. The van der Waals surface area contributed by atoms with Crippen molar-refractivity contribution in [3.05, 3.63) is 0 Å². The fraction of sp³-hybridized carbons (Fsp3) is 0.875. The molecule has 0 saturated carbocycles. The number of carbonyl (C=O) groups excluding carboxylic acids is 1. The largest absolute Gasteiger partial charge is 0.458 e. The van der Waals surface area contributed by atoms with Gasteiger partial charge >= 0.3 is 5.97 Å². The topological polar surface area (TPSA) is 52.3 Å². The predicted molar refractivity (Wildman–Crippen MR) is 51.4 cm³/mol. The Bertz CT molecular complexity index is 137. The van der Waals surface area contributed by atoms with Crippen molar-refractivity contribution in [2.45, 2.75) is 39.2 Å². The second kappa shape index (κ2) is 6.26. The fourth-order valence-corrected chi connectivity index (χ4v) is 0.605. The van der Waals surface area contributed by atoms with Gasteiger partial charge in [0.25, 0.3) is 0 Å². The molecule has 0 bridgehead atoms. The van der Waals surface area contributed by atoms with Crippen molar-refractivity contribution in [2.75, 3.05) is 6.54 Å². The van der Waals surface area contributed by atoms with Crippen LogP contribution in [0.4, 0.5) is 0 Å². The van der Waals surface area contributed by atoms with Crippen molar-refractivity contribution >= 4 is 18.4 Å². The highest BCUT2D eigenvalue weighted by Gasteiger charge is 2.19. The van der Waals surface area contributed by atoms with Gasteiger partial charge in [-0.1, -0.05) is 6.92 Å². The van der Waals surface area contributed by atoms with Crippen molar-refractivity contribution in [3.63, 3.8) is 0 Å². The van der Waals surface area contributed by atoms with Crippen LogP contribution in [0.1, 0.15) is 33.6 Å². The van der Waals surface area contributed by atoms with Crippen LogP contribution in [-0.2, 0) is 9.53 Å². The first-order chi connectivity index (χ1) is 5.02. The van der Waals surface area contributed by atoms with Gasteiger partial charge in [0.1, 0.15) is 5.60 Å². The maximum absolute atomic E-state index is 10.9. The summed E-state index contributed by atoms with van der Waals surface area (Å²) in [6.07, 6.45) is 1.29. The Morgan fingerprint density at radius 2 is 2.00 bits per heavy atom. The second-order valence-electron chi connectivity index (χ2n) is 3.19. The molecule has 2 N–H and O–H groups in total. The lowest BCUT2D eigenvalue weighted by Crippen LogP contribution is -2.36. The van der Waals surface area contributed by atoms with Gasteiger partial charge in [0.2, 0.25) is 0 Å². The van der Waals surface area contributed by atoms with Crippen molar-refractivity contribution in [2.24, 2.45) is 5.73 Å². The van der Waals surface area contributed by atoms with Gasteiger partial charge < -0.3 is 10.5 Å². The van der Waals surface area contributed by atoms with Gasteiger partial charge in [-0.15, -0.1) is 12.4 Å². The zero-order valence-electron chi connectivity index (χ0n) is 7.92. The number of hydrogen-bond acceptors (Lipinski definition) is 3. The molecular weight excluding hydrogens is 178 g/mol. The highest BCUT2D eigenvalue weighted by Crippen LogP contribution is 2.08. The van der Waals surface area contributed by atoms with Gasteiger partial charge in [0.05, 0.1) is 0 Å². The number of ether oxygens (including phenoxy) is 1. The Hall–Kier alpha value is -0.280. The molecule has 0 aliphatic rings. The van der Waals surface area contributed by atoms with Crippen LogP contribution in [0.25, 0.3) is 0 Å². The Labute approximate surface area is 80.1 Å². The fourth-order valence-electron chi connectivity index (χ4n) is 0.605. The Balaban J connectivity index is 0. The van der Waals surface area contributed by atoms with Crippen LogP contribution < -0.4 is 5.73 Å². The number of esters is 1. The molecule has 0 aliphatic heterocycles. The molecule has 0 aromatic carbocycles. The van der Waals surface area contributed by atoms with E-state index in [0.717, 1.165) is 6.42 Å². The van der Waals surface area contributed by atoms with E-state index in [0.29, 0.717) is 13.0 Å². The summed E-state index contributed by atoms with van der Waals surface area (Å²) < 4.78 is 5.06. The third kappa shape index (κ3) is 6.43. The molecule has 0 aromatic rings. The zero-order chi connectivity index (χ0) is 8.91. The molecule has 4 heteroatoms. The van der Waals surface area contributed by atoms with Gasteiger partial charge in [-0.2, -0.15) is 0 Å². The van der Waals surface area contributed by atoms with Crippen LogP contribution in [-0.4, -0.2) is 18.1 Å². The van der Waals surface area contributed by atoms with E-state index in [2.05, 4.69) is 0 Å². The van der Waals surface area contributed by atoms with E-state index in [1.54, 1.807) is 13.8 Å². The average molecular weight is 196 g/mol. The molecule has 74 valence electrons. The summed E-state index contributed by atoms with van der Waals surface area (Å²) in [5.41, 5.74) is 4.87. The average Bonchev–Trinajstić information content (AvgIpc) is 1.87. The van der Waals surface area contributed by atoms with E-state index in [4.69, 9.17) is 10.5 Å². The monoisotopic (exact) mass is 195 g/mol. The Kier molecular flexibility index (Phi) is 7.44. The Morgan fingerprint density at radius 1 is 1.50 bits per heavy atom. The van der Waals surface area contributed by atoms with Crippen LogP contribution in [0, 0.1) is 0 Å². The molecule has 0 aromatic heterocycles. The number of halogens is 1. The standard InChI is InChI=1S/C8H17NO2.ClH/c1-4-5-7(10)11-8(2,3)6-9;/h4-6,9H2,1-3H3;1H. The number of nitrogens with two attached hydrogens (primary N) is 1. The zero-order valence-corrected chi connectivity index (χ0v) is 8.74. The summed E-state index contributed by atoms with van der Waals surface area (Å²) in [4.78, 5) is 10.9. The summed E-state index contributed by atoms with van der Waals surface area (Å²) in [6.45, 7) is 5.92. The molecule has 12 heavy (non-hydrogen) atoms. The first-order valence-electron chi connectivity index (χ1n) is 3.93. The van der Waals surface area contributed by atoms with E-state index in [9.17, 15) is 4.79 Å². The molecule has 0 fully saturated rings. The summed E-state index contributed by atoms with van der Waals surface area (Å²) in [6, 6.07) is 0. The van der Waals surface area contributed by atoms with Crippen molar-refractivity contribution < 1.29 is 9.53 Å². The van der Waals surface area contributed by atoms with Crippen molar-refractivity contribution in [1.82, 2.24) is 0 Å². The molecule has 0 atom stereocenters. The lowest BCUT2D eigenvalue weighted by Gasteiger charge is -2.22. The van der Waals surface area contributed by atoms with Crippen molar-refractivity contribution in [3.8, 4) is 0 Å². The lowest BCUT2D eigenvalue weighted by atomic mass is 10.1. The number of rotatable bonds is 4. The SMILES string of the molecule is CCCC(=O)OC(C)(C)CN.Cl. The highest BCUT2D eigenvalue weighted by atomic mass is 35.5. The summed E-state index contributed by atoms with van der Waals surface area (Å²) in [5.74, 6) is -0.164. The molecule has 0 unspecified atom stereocenters. The third-order valence-electron chi connectivity index (χ3n) is 1.34. The molecule has 0 saturated heterocycles. The maximum atomic E-state index is 10.9. The highest BCUT2D eigenvalue weighted by molar-refractivity contribution is 5.85. The van der Waals surface area contributed by atoms with E-state index in [1.165, 1.54) is 0 Å². The first-order valence-corrected chi connectivity index (χ1v) is 3.93. The van der Waals surface area contributed by atoms with E-state index >= 15 is 0 Å². The summed E-state index contributed by atoms with van der Waals surface area (Å²) in [5, 5.41) is 0. The van der Waals surface area contributed by atoms with E-state index < -0.39 is 5.60 Å². The van der Waals surface area contributed by atoms with Gasteiger partial charge in [0, 0.05) is 13.0 Å². The molecule has 0 radical (unpaired) electrons. The van der Waals surface area contributed by atoms with Crippen LogP contribution in [0.5, 0.6) is 0 Å². The molecular formula is C8H18ClNO2. The Morgan fingerprint density at radius 3 is 2.33 bits per heavy atom. The molecule has 0 rings (SSSR count). The van der Waals surface area contributed by atoms with Crippen LogP contribution in [0.15, 0.2) is 0 Å². The maximum Gasteiger partial charge on any atom is 0.306 e. The van der Waals surface area contributed by atoms with E-state index in [1.807, 2.05) is 6.92 Å². The lowest BCUT2D eigenvalue weighted by molar-refractivity contribution is -0.155. The van der Waals surface area contributed by atoms with Gasteiger partial charge in [0.15, 0.2) is 0 Å². The van der Waals surface area contributed by atoms with E-state index in [-0.39, 0.29) is 18.4 Å². The van der Waals surface area contributed by atoms with Crippen LogP contribution in [0.2, 0.25) is 0 Å². The van der Waals surface area contributed by atoms with Crippen LogP contribution >= 0.6 is 12.4 Å². The molecule has 3 nitrogen and oxygen atoms in total. The third-order valence-corrected chi connectivity index (χ3v) is 1.34. The number of carbonyl (C=O) groups is 1. The smallest absolute Gasteiger partial charge is 0.306 e. The molecule has 0 amide bonds. The normalized spacial score (nSPS) is 10.3. The number of hydrogen-bond donors (Lipinski definition) is 1. The van der Waals surface area contributed by atoms with Gasteiger partial charge in [-0.25, -0.2) is 0 Å². The minimum Gasteiger partial charge on any atom is -0.458 e. The minimum absolute atomic E-state index is 0. The quantitative estimate of drug-likeness (QED) is 0.692. The van der Waals surface area contributed by atoms with Crippen LogP contribution in [0.3, 0.4) is 0 Å². The second-order valence-corrected chi connectivity index (χ2v) is 3.19.